The SMILES string of the molecule is CC(C)c1ccc2c(c1)OC1(O)c3ccccc3C(=O)C21n1c(=O)c1=O. The summed E-state index contributed by atoms with van der Waals surface area (Å²) in [5.41, 5.74) is -1.67. The van der Waals surface area contributed by atoms with Crippen LogP contribution in [0.15, 0.2) is 52.1 Å². The molecule has 6 heteroatoms. The quantitative estimate of drug-likeness (QED) is 0.707. The Hall–Kier alpha value is -2.99. The summed E-state index contributed by atoms with van der Waals surface area (Å²) in [7, 11) is 0. The first-order valence-corrected chi connectivity index (χ1v) is 8.42. The van der Waals surface area contributed by atoms with Gasteiger partial charge in [0.1, 0.15) is 5.75 Å². The Bertz CT molecular complexity index is 1160. The Labute approximate surface area is 148 Å². The lowest BCUT2D eigenvalue weighted by atomic mass is 9.82. The monoisotopic (exact) mass is 349 g/mol. The summed E-state index contributed by atoms with van der Waals surface area (Å²) in [6.07, 6.45) is 0. The molecule has 6 nitrogen and oxygen atoms in total. The molecule has 2 unspecified atom stereocenters. The topological polar surface area (TPSA) is 85.6 Å². The minimum atomic E-state index is -2.12. The van der Waals surface area contributed by atoms with E-state index in [1.807, 2.05) is 19.9 Å². The number of carbonyl (C=O) groups excluding carboxylic acids is 1. The molecule has 0 radical (unpaired) electrons. The molecule has 2 atom stereocenters. The van der Waals surface area contributed by atoms with Crippen molar-refractivity contribution in [2.75, 3.05) is 0 Å². The lowest BCUT2D eigenvalue weighted by Crippen LogP contribution is -2.53. The zero-order valence-corrected chi connectivity index (χ0v) is 14.1. The van der Waals surface area contributed by atoms with Crippen molar-refractivity contribution in [1.29, 1.82) is 0 Å². The molecule has 1 aliphatic carbocycles. The summed E-state index contributed by atoms with van der Waals surface area (Å²) in [5.74, 6) is -2.11. The summed E-state index contributed by atoms with van der Waals surface area (Å²) in [5, 5.41) is 11.5. The summed E-state index contributed by atoms with van der Waals surface area (Å²) in [4.78, 5) is 37.4. The van der Waals surface area contributed by atoms with Crippen molar-refractivity contribution in [2.45, 2.75) is 31.1 Å². The smallest absolute Gasteiger partial charge is 0.321 e. The lowest BCUT2D eigenvalue weighted by Gasteiger charge is -2.31. The van der Waals surface area contributed by atoms with Gasteiger partial charge in [-0.15, -0.1) is 0 Å². The van der Waals surface area contributed by atoms with Gasteiger partial charge >= 0.3 is 11.1 Å². The Morgan fingerprint density at radius 1 is 1.00 bits per heavy atom. The third-order valence-electron chi connectivity index (χ3n) is 5.55. The van der Waals surface area contributed by atoms with E-state index in [2.05, 4.69) is 0 Å². The van der Waals surface area contributed by atoms with E-state index < -0.39 is 28.2 Å². The molecule has 2 aromatic carbocycles. The molecule has 3 aromatic rings. The molecule has 2 heterocycles. The van der Waals surface area contributed by atoms with Crippen molar-refractivity contribution in [3.8, 4) is 5.75 Å². The first-order chi connectivity index (χ1) is 12.3. The fourth-order valence-corrected chi connectivity index (χ4v) is 4.21. The van der Waals surface area contributed by atoms with Gasteiger partial charge in [-0.05, 0) is 17.5 Å². The number of carbonyl (C=O) groups is 1. The van der Waals surface area contributed by atoms with E-state index >= 15 is 0 Å². The number of hydrogen-bond acceptors (Lipinski definition) is 5. The first-order valence-electron chi connectivity index (χ1n) is 8.42. The minimum absolute atomic E-state index is 0.211. The first kappa shape index (κ1) is 15.3. The van der Waals surface area contributed by atoms with Crippen LogP contribution in [-0.2, 0) is 11.3 Å². The van der Waals surface area contributed by atoms with Gasteiger partial charge in [0, 0.05) is 16.7 Å². The second-order valence-electron chi connectivity index (χ2n) is 7.19. The summed E-state index contributed by atoms with van der Waals surface area (Å²) < 4.78 is 6.73. The molecule has 1 aliphatic heterocycles. The molecule has 0 spiro atoms. The Morgan fingerprint density at radius 3 is 2.35 bits per heavy atom. The van der Waals surface area contributed by atoms with E-state index in [-0.39, 0.29) is 17.0 Å². The zero-order valence-electron chi connectivity index (χ0n) is 14.1. The molecule has 0 fully saturated rings. The number of aliphatic hydroxyl groups is 1. The van der Waals surface area contributed by atoms with Crippen LogP contribution in [0.1, 0.15) is 46.8 Å². The Balaban J connectivity index is 1.89. The van der Waals surface area contributed by atoms with E-state index in [9.17, 15) is 19.5 Å². The molecule has 130 valence electrons. The largest absolute Gasteiger partial charge is 0.454 e. The molecule has 0 saturated carbocycles. The third-order valence-corrected chi connectivity index (χ3v) is 5.55. The average Bonchev–Trinajstić information content (AvgIpc) is 3.04. The Kier molecular flexibility index (Phi) is 2.58. The van der Waals surface area contributed by atoms with Gasteiger partial charge in [0.2, 0.25) is 11.3 Å². The molecular formula is C20H15NO5. The number of hydrogen-bond donors (Lipinski definition) is 1. The van der Waals surface area contributed by atoms with Gasteiger partial charge in [0.25, 0.3) is 5.79 Å². The van der Waals surface area contributed by atoms with E-state index in [1.165, 1.54) is 0 Å². The van der Waals surface area contributed by atoms with Crippen LogP contribution >= 0.6 is 0 Å². The molecule has 26 heavy (non-hydrogen) atoms. The molecule has 1 aromatic heterocycles. The van der Waals surface area contributed by atoms with E-state index in [1.54, 1.807) is 36.4 Å². The fraction of sp³-hybridized carbons (Fsp3) is 0.250. The van der Waals surface area contributed by atoms with E-state index in [4.69, 9.17) is 4.74 Å². The molecular weight excluding hydrogens is 334 g/mol. The van der Waals surface area contributed by atoms with E-state index in [0.29, 0.717) is 11.3 Å². The molecule has 2 aliphatic rings. The van der Waals surface area contributed by atoms with Crippen LogP contribution in [0.3, 0.4) is 0 Å². The number of nitrogens with zero attached hydrogens (tertiary/aromatic N) is 1. The van der Waals surface area contributed by atoms with Crippen molar-refractivity contribution in [3.05, 3.63) is 85.4 Å². The van der Waals surface area contributed by atoms with Crippen LogP contribution in [0, 0.1) is 0 Å². The predicted molar refractivity (Wildman–Crippen MR) is 92.2 cm³/mol. The highest BCUT2D eigenvalue weighted by Crippen LogP contribution is 2.59. The molecule has 0 amide bonds. The minimum Gasteiger partial charge on any atom is -0.454 e. The van der Waals surface area contributed by atoms with Crippen LogP contribution in [0.25, 0.3) is 0 Å². The number of aromatic nitrogens is 1. The maximum Gasteiger partial charge on any atom is 0.321 e. The van der Waals surface area contributed by atoms with Gasteiger partial charge in [-0.3, -0.25) is 14.4 Å². The summed E-state index contributed by atoms with van der Waals surface area (Å²) in [6.45, 7) is 4.03. The maximum absolute atomic E-state index is 13.4. The van der Waals surface area contributed by atoms with Crippen LogP contribution in [0.5, 0.6) is 5.75 Å². The highest BCUT2D eigenvalue weighted by Gasteiger charge is 2.74. The van der Waals surface area contributed by atoms with Crippen LogP contribution in [0.4, 0.5) is 0 Å². The van der Waals surface area contributed by atoms with Gasteiger partial charge < -0.3 is 9.84 Å². The predicted octanol–water partition coefficient (Wildman–Crippen LogP) is 1.39. The highest BCUT2D eigenvalue weighted by atomic mass is 16.6. The zero-order chi connectivity index (χ0) is 18.4. The molecule has 0 bridgehead atoms. The van der Waals surface area contributed by atoms with Gasteiger partial charge in [-0.25, -0.2) is 4.57 Å². The van der Waals surface area contributed by atoms with Crippen molar-refractivity contribution >= 4 is 5.78 Å². The third kappa shape index (κ3) is 1.42. The number of fused-ring (bicyclic) bond motifs is 5. The number of rotatable bonds is 2. The molecule has 5 rings (SSSR count). The molecule has 0 saturated heterocycles. The summed E-state index contributed by atoms with van der Waals surface area (Å²) in [6, 6.07) is 11.8. The van der Waals surface area contributed by atoms with Gasteiger partial charge in [0.05, 0.1) is 0 Å². The van der Waals surface area contributed by atoms with Gasteiger partial charge in [-0.2, -0.15) is 0 Å². The standard InChI is InChI=1S/C20H15NO5/c1-10(2)11-7-8-14-15(9-11)26-20(25)13-6-4-3-5-12(13)16(22)19(14,20)21-17(23)18(21)24/h3-10,25H,1-2H3. The average molecular weight is 349 g/mol. The Morgan fingerprint density at radius 2 is 1.69 bits per heavy atom. The number of benzene rings is 2. The van der Waals surface area contributed by atoms with Crippen LogP contribution in [-0.4, -0.2) is 15.5 Å². The normalized spacial score (nSPS) is 26.1. The van der Waals surface area contributed by atoms with Crippen molar-refractivity contribution in [2.24, 2.45) is 0 Å². The number of ketones is 1. The van der Waals surface area contributed by atoms with E-state index in [0.717, 1.165) is 10.1 Å². The summed E-state index contributed by atoms with van der Waals surface area (Å²) >= 11 is 0. The second kappa shape index (κ2) is 4.40. The van der Waals surface area contributed by atoms with Crippen LogP contribution < -0.4 is 15.9 Å². The second-order valence-corrected chi connectivity index (χ2v) is 7.19. The van der Waals surface area contributed by atoms with Crippen molar-refractivity contribution < 1.29 is 14.6 Å². The van der Waals surface area contributed by atoms with Crippen molar-refractivity contribution in [3.63, 3.8) is 0 Å². The lowest BCUT2D eigenvalue weighted by molar-refractivity contribution is -0.169. The van der Waals surface area contributed by atoms with Gasteiger partial charge in [0.15, 0.2) is 0 Å². The highest BCUT2D eigenvalue weighted by molar-refractivity contribution is 6.11. The molecule has 1 N–H and O–H groups in total. The maximum atomic E-state index is 13.4. The number of ether oxygens (including phenoxy) is 1. The number of Topliss-reactive ketones (excluding diaryl/α,β-unsaturated/α-hetero) is 1. The van der Waals surface area contributed by atoms with Crippen molar-refractivity contribution in [1.82, 2.24) is 4.57 Å². The van der Waals surface area contributed by atoms with Crippen LogP contribution in [0.2, 0.25) is 0 Å². The van der Waals surface area contributed by atoms with Gasteiger partial charge in [-0.1, -0.05) is 50.2 Å². The fourth-order valence-electron chi connectivity index (χ4n) is 4.21.